The molecule has 0 aromatic rings. The molecule has 1 heteroatoms. The first-order valence-electron chi connectivity index (χ1n) is 4.51. The molecule has 0 saturated heterocycles. The monoisotopic (exact) mass is 141 g/mol. The van der Waals surface area contributed by atoms with Crippen molar-refractivity contribution in [2.24, 2.45) is 17.6 Å². The molecule has 0 heterocycles. The zero-order chi connectivity index (χ0) is 7.56. The van der Waals surface area contributed by atoms with Gasteiger partial charge in [-0.1, -0.05) is 26.7 Å². The summed E-state index contributed by atoms with van der Waals surface area (Å²) in [6.45, 7) is 4.54. The van der Waals surface area contributed by atoms with Crippen LogP contribution in [0.3, 0.4) is 0 Å². The third-order valence-electron chi connectivity index (χ3n) is 2.96. The van der Waals surface area contributed by atoms with Crippen LogP contribution in [0.25, 0.3) is 0 Å². The number of rotatable bonds is 1. The Morgan fingerprint density at radius 2 is 2.10 bits per heavy atom. The maximum Gasteiger partial charge on any atom is 0.00928 e. The second-order valence-corrected chi connectivity index (χ2v) is 3.65. The van der Waals surface area contributed by atoms with E-state index >= 15 is 0 Å². The molecule has 1 saturated carbocycles. The Kier molecular flexibility index (Phi) is 2.72. The summed E-state index contributed by atoms with van der Waals surface area (Å²) in [5.41, 5.74) is 6.03. The highest BCUT2D eigenvalue weighted by molar-refractivity contribution is 4.81. The fourth-order valence-electron chi connectivity index (χ4n) is 2.03. The van der Waals surface area contributed by atoms with Gasteiger partial charge in [0, 0.05) is 6.04 Å². The van der Waals surface area contributed by atoms with Gasteiger partial charge in [0.2, 0.25) is 0 Å². The topological polar surface area (TPSA) is 26.0 Å². The second kappa shape index (κ2) is 3.38. The molecule has 60 valence electrons. The van der Waals surface area contributed by atoms with Gasteiger partial charge in [-0.2, -0.15) is 0 Å². The Bertz CT molecular complexity index is 101. The molecule has 3 unspecified atom stereocenters. The van der Waals surface area contributed by atoms with Crippen LogP contribution < -0.4 is 5.73 Å². The molecule has 0 amide bonds. The first-order valence-corrected chi connectivity index (χ1v) is 4.51. The molecule has 0 radical (unpaired) electrons. The largest absolute Gasteiger partial charge is 0.327 e. The second-order valence-electron chi connectivity index (χ2n) is 3.65. The van der Waals surface area contributed by atoms with Crippen LogP contribution in [0, 0.1) is 11.8 Å². The normalized spacial score (nSPS) is 41.7. The van der Waals surface area contributed by atoms with Gasteiger partial charge in [-0.3, -0.25) is 0 Å². The number of nitrogens with two attached hydrogens (primary N) is 1. The highest BCUT2D eigenvalue weighted by Crippen LogP contribution is 2.29. The summed E-state index contributed by atoms with van der Waals surface area (Å²) >= 11 is 0. The Hall–Kier alpha value is -0.0400. The fourth-order valence-corrected chi connectivity index (χ4v) is 2.03. The van der Waals surface area contributed by atoms with Gasteiger partial charge in [-0.05, 0) is 24.7 Å². The Labute approximate surface area is 64.0 Å². The molecule has 0 aliphatic heterocycles. The van der Waals surface area contributed by atoms with Crippen molar-refractivity contribution < 1.29 is 0 Å². The van der Waals surface area contributed by atoms with Crippen LogP contribution in [-0.2, 0) is 0 Å². The van der Waals surface area contributed by atoms with E-state index in [1.54, 1.807) is 0 Å². The minimum Gasteiger partial charge on any atom is -0.327 e. The Balaban J connectivity index is 2.42. The van der Waals surface area contributed by atoms with Crippen molar-refractivity contribution in [3.63, 3.8) is 0 Å². The van der Waals surface area contributed by atoms with Gasteiger partial charge in [0.1, 0.15) is 0 Å². The van der Waals surface area contributed by atoms with E-state index in [2.05, 4.69) is 13.8 Å². The number of hydrogen-bond donors (Lipinski definition) is 1. The smallest absolute Gasteiger partial charge is 0.00928 e. The summed E-state index contributed by atoms with van der Waals surface area (Å²) in [5.74, 6) is 1.57. The van der Waals surface area contributed by atoms with E-state index in [-0.39, 0.29) is 0 Å². The first-order chi connectivity index (χ1) is 4.75. The zero-order valence-electron chi connectivity index (χ0n) is 7.14. The van der Waals surface area contributed by atoms with E-state index < -0.39 is 0 Å². The van der Waals surface area contributed by atoms with Gasteiger partial charge in [0.15, 0.2) is 0 Å². The Morgan fingerprint density at radius 3 is 2.60 bits per heavy atom. The minimum absolute atomic E-state index is 0.485. The molecule has 1 aliphatic rings. The van der Waals surface area contributed by atoms with E-state index in [1.165, 1.54) is 25.7 Å². The minimum atomic E-state index is 0.485. The lowest BCUT2D eigenvalue weighted by atomic mass is 9.77. The van der Waals surface area contributed by atoms with Crippen LogP contribution in [0.5, 0.6) is 0 Å². The van der Waals surface area contributed by atoms with Crippen molar-refractivity contribution in [1.82, 2.24) is 0 Å². The van der Waals surface area contributed by atoms with E-state index in [9.17, 15) is 0 Å². The van der Waals surface area contributed by atoms with Crippen molar-refractivity contribution in [3.05, 3.63) is 0 Å². The van der Waals surface area contributed by atoms with Gasteiger partial charge in [-0.25, -0.2) is 0 Å². The van der Waals surface area contributed by atoms with Crippen LogP contribution in [0.15, 0.2) is 0 Å². The molecule has 1 nitrogen and oxygen atoms in total. The van der Waals surface area contributed by atoms with E-state index in [4.69, 9.17) is 5.73 Å². The van der Waals surface area contributed by atoms with Crippen LogP contribution >= 0.6 is 0 Å². The number of hydrogen-bond acceptors (Lipinski definition) is 1. The molecule has 1 aliphatic carbocycles. The lowest BCUT2D eigenvalue weighted by molar-refractivity contribution is 0.229. The van der Waals surface area contributed by atoms with E-state index in [0.717, 1.165) is 11.8 Å². The molecular weight excluding hydrogens is 122 g/mol. The van der Waals surface area contributed by atoms with Crippen molar-refractivity contribution >= 4 is 0 Å². The molecule has 1 rings (SSSR count). The van der Waals surface area contributed by atoms with Crippen LogP contribution in [0.4, 0.5) is 0 Å². The average Bonchev–Trinajstić information content (AvgIpc) is 1.95. The summed E-state index contributed by atoms with van der Waals surface area (Å²) in [6.07, 6.45) is 5.37. The molecule has 0 spiro atoms. The standard InChI is InChI=1S/C9H19N/c1-3-8-6-4-5-7(2)9(8)10/h7-9H,3-6,10H2,1-2H3. The van der Waals surface area contributed by atoms with Crippen LogP contribution in [-0.4, -0.2) is 6.04 Å². The molecule has 0 aromatic carbocycles. The van der Waals surface area contributed by atoms with Crippen molar-refractivity contribution in [2.45, 2.75) is 45.6 Å². The zero-order valence-corrected chi connectivity index (χ0v) is 7.14. The van der Waals surface area contributed by atoms with Gasteiger partial charge in [0.25, 0.3) is 0 Å². The molecule has 1 fully saturated rings. The van der Waals surface area contributed by atoms with E-state index in [0.29, 0.717) is 6.04 Å². The third kappa shape index (κ3) is 1.51. The highest BCUT2D eigenvalue weighted by atomic mass is 14.7. The predicted octanol–water partition coefficient (Wildman–Crippen LogP) is 2.16. The maximum atomic E-state index is 6.03. The van der Waals surface area contributed by atoms with Crippen LogP contribution in [0.1, 0.15) is 39.5 Å². The SMILES string of the molecule is CCC1CCCC(C)C1N. The molecular formula is C9H19N. The molecule has 3 atom stereocenters. The van der Waals surface area contributed by atoms with Gasteiger partial charge in [-0.15, -0.1) is 0 Å². The quantitative estimate of drug-likeness (QED) is 0.595. The summed E-state index contributed by atoms with van der Waals surface area (Å²) in [6, 6.07) is 0.485. The summed E-state index contributed by atoms with van der Waals surface area (Å²) in [4.78, 5) is 0. The summed E-state index contributed by atoms with van der Waals surface area (Å²) in [5, 5.41) is 0. The van der Waals surface area contributed by atoms with Crippen molar-refractivity contribution in [1.29, 1.82) is 0 Å². The fraction of sp³-hybridized carbons (Fsp3) is 1.00. The third-order valence-corrected chi connectivity index (χ3v) is 2.96. The molecule has 2 N–H and O–H groups in total. The molecule has 0 aromatic heterocycles. The average molecular weight is 141 g/mol. The Morgan fingerprint density at radius 1 is 1.40 bits per heavy atom. The summed E-state index contributed by atoms with van der Waals surface area (Å²) < 4.78 is 0. The van der Waals surface area contributed by atoms with Gasteiger partial charge in [0.05, 0.1) is 0 Å². The van der Waals surface area contributed by atoms with E-state index in [1.807, 2.05) is 0 Å². The van der Waals surface area contributed by atoms with Gasteiger partial charge < -0.3 is 5.73 Å². The summed E-state index contributed by atoms with van der Waals surface area (Å²) in [7, 11) is 0. The highest BCUT2D eigenvalue weighted by Gasteiger charge is 2.25. The lowest BCUT2D eigenvalue weighted by Gasteiger charge is -2.33. The molecule has 10 heavy (non-hydrogen) atoms. The molecule has 0 bridgehead atoms. The first kappa shape index (κ1) is 8.06. The van der Waals surface area contributed by atoms with Gasteiger partial charge >= 0.3 is 0 Å². The maximum absolute atomic E-state index is 6.03. The predicted molar refractivity (Wildman–Crippen MR) is 44.8 cm³/mol. The van der Waals surface area contributed by atoms with Crippen molar-refractivity contribution in [3.8, 4) is 0 Å². The lowest BCUT2D eigenvalue weighted by Crippen LogP contribution is -2.39. The van der Waals surface area contributed by atoms with Crippen LogP contribution in [0.2, 0.25) is 0 Å². The van der Waals surface area contributed by atoms with Crippen molar-refractivity contribution in [2.75, 3.05) is 0 Å².